The van der Waals surface area contributed by atoms with Crippen molar-refractivity contribution in [1.29, 1.82) is 0 Å². The van der Waals surface area contributed by atoms with Crippen molar-refractivity contribution >= 4 is 44.9 Å². The maximum absolute atomic E-state index is 12.9. The molecule has 156 valence electrons. The molecule has 0 aliphatic heterocycles. The smallest absolute Gasteiger partial charge is 0.308 e. The van der Waals surface area contributed by atoms with Crippen molar-refractivity contribution in [1.82, 2.24) is 4.72 Å². The molecule has 0 bridgehead atoms. The molecule has 0 aliphatic rings. The molecule has 0 radical (unpaired) electrons. The molecule has 0 saturated carbocycles. The summed E-state index contributed by atoms with van der Waals surface area (Å²) in [5, 5.41) is 11.1. The third-order valence-electron chi connectivity index (χ3n) is 3.73. The number of nitro benzene ring substituents is 1. The first kappa shape index (κ1) is 23.1. The van der Waals surface area contributed by atoms with E-state index in [0.29, 0.717) is 0 Å². The lowest BCUT2D eigenvalue weighted by atomic mass is 10.0. The van der Waals surface area contributed by atoms with Gasteiger partial charge in [-0.15, -0.1) is 0 Å². The first-order valence-electron chi connectivity index (χ1n) is 8.42. The monoisotopic (exact) mass is 460 g/mol. The van der Waals surface area contributed by atoms with Crippen molar-refractivity contribution in [2.45, 2.75) is 37.3 Å². The molecule has 0 aliphatic carbocycles. The minimum Gasteiger partial charge on any atom is -0.463 e. The lowest BCUT2D eigenvalue weighted by Crippen LogP contribution is -2.32. The number of para-hydroxylation sites is 1. The normalized spacial score (nSPS) is 12.6. The Morgan fingerprint density at radius 1 is 1.14 bits per heavy atom. The minimum absolute atomic E-state index is 0.00459. The highest BCUT2D eigenvalue weighted by atomic mass is 35.5. The number of benzene rings is 2. The van der Waals surface area contributed by atoms with E-state index in [-0.39, 0.29) is 26.2 Å². The molecule has 8 nitrogen and oxygen atoms in total. The van der Waals surface area contributed by atoms with E-state index in [1.54, 1.807) is 13.8 Å². The third-order valence-corrected chi connectivity index (χ3v) is 6.16. The summed E-state index contributed by atoms with van der Waals surface area (Å²) in [6, 6.07) is 8.40. The van der Waals surface area contributed by atoms with Gasteiger partial charge in [0.15, 0.2) is 0 Å². The van der Waals surface area contributed by atoms with Gasteiger partial charge in [-0.05, 0) is 26.0 Å². The summed E-state index contributed by atoms with van der Waals surface area (Å²) in [6.45, 7) is 3.26. The number of ether oxygens (including phenoxy) is 1. The van der Waals surface area contributed by atoms with Crippen molar-refractivity contribution in [3.05, 3.63) is 68.2 Å². The number of nitrogens with zero attached hydrogens (tertiary/aromatic N) is 1. The summed E-state index contributed by atoms with van der Waals surface area (Å²) in [4.78, 5) is 22.6. The number of halogens is 2. The second-order valence-electron chi connectivity index (χ2n) is 6.28. The zero-order valence-corrected chi connectivity index (χ0v) is 17.8. The molecule has 0 heterocycles. The van der Waals surface area contributed by atoms with E-state index in [1.165, 1.54) is 42.5 Å². The van der Waals surface area contributed by atoms with Gasteiger partial charge in [-0.2, -0.15) is 0 Å². The molecule has 1 N–H and O–H groups in total. The second-order valence-corrected chi connectivity index (χ2v) is 8.75. The number of hydrogen-bond donors (Lipinski definition) is 1. The van der Waals surface area contributed by atoms with Gasteiger partial charge in [-0.25, -0.2) is 13.1 Å². The van der Waals surface area contributed by atoms with Crippen LogP contribution in [0.25, 0.3) is 0 Å². The molecule has 0 spiro atoms. The molecule has 0 amide bonds. The maximum atomic E-state index is 12.9. The van der Waals surface area contributed by atoms with Gasteiger partial charge in [0, 0.05) is 11.6 Å². The number of sulfonamides is 1. The van der Waals surface area contributed by atoms with Gasteiger partial charge in [-0.3, -0.25) is 14.9 Å². The van der Waals surface area contributed by atoms with Crippen LogP contribution in [0.5, 0.6) is 0 Å². The Hall–Kier alpha value is -2.20. The predicted molar refractivity (Wildman–Crippen MR) is 108 cm³/mol. The highest BCUT2D eigenvalue weighted by Crippen LogP contribution is 2.33. The lowest BCUT2D eigenvalue weighted by Gasteiger charge is -2.20. The average molecular weight is 461 g/mol. The number of esters is 1. The molecular formula is C18H18Cl2N2O6S. The molecule has 2 rings (SSSR count). The molecule has 0 aromatic heterocycles. The Kier molecular flexibility index (Phi) is 7.59. The maximum Gasteiger partial charge on any atom is 0.308 e. The summed E-state index contributed by atoms with van der Waals surface area (Å²) in [6.07, 6.45) is -0.909. The SMILES string of the molecule is CC(C)OC(=O)CC(NS(=O)(=O)c1c(Cl)cccc1Cl)c1ccccc1[N+](=O)[O-]. The number of carbonyl (C=O) groups is 1. The molecule has 0 saturated heterocycles. The van der Waals surface area contributed by atoms with E-state index in [9.17, 15) is 23.3 Å². The van der Waals surface area contributed by atoms with Crippen LogP contribution in [0.15, 0.2) is 47.4 Å². The van der Waals surface area contributed by atoms with Gasteiger partial charge in [-0.1, -0.05) is 47.5 Å². The van der Waals surface area contributed by atoms with Crippen LogP contribution in [0.2, 0.25) is 10.0 Å². The highest BCUT2D eigenvalue weighted by molar-refractivity contribution is 7.89. The van der Waals surface area contributed by atoms with Crippen LogP contribution in [0, 0.1) is 10.1 Å². The fourth-order valence-corrected chi connectivity index (χ4v) is 4.99. The van der Waals surface area contributed by atoms with Gasteiger partial charge in [0.25, 0.3) is 5.69 Å². The standard InChI is InChI=1S/C18H18Cl2N2O6S/c1-11(2)28-17(23)10-15(12-6-3-4-9-16(12)22(24)25)21-29(26,27)18-13(19)7-5-8-14(18)20/h3-9,11,15,21H,10H2,1-2H3. The summed E-state index contributed by atoms with van der Waals surface area (Å²) in [7, 11) is -4.33. The third kappa shape index (κ3) is 5.89. The molecule has 1 unspecified atom stereocenters. The molecule has 11 heteroatoms. The summed E-state index contributed by atoms with van der Waals surface area (Å²) >= 11 is 12.0. The number of carbonyl (C=O) groups excluding carboxylic acids is 1. The summed E-state index contributed by atoms with van der Waals surface area (Å²) in [5.41, 5.74) is -0.340. The van der Waals surface area contributed by atoms with E-state index >= 15 is 0 Å². The van der Waals surface area contributed by atoms with Crippen LogP contribution in [-0.2, 0) is 19.6 Å². The van der Waals surface area contributed by atoms with Crippen molar-refractivity contribution in [3.8, 4) is 0 Å². The van der Waals surface area contributed by atoms with Crippen LogP contribution in [-0.4, -0.2) is 25.4 Å². The van der Waals surface area contributed by atoms with Gasteiger partial charge in [0.1, 0.15) is 4.90 Å². The molecule has 1 atom stereocenters. The van der Waals surface area contributed by atoms with Gasteiger partial charge < -0.3 is 4.74 Å². The number of nitro groups is 1. The van der Waals surface area contributed by atoms with Crippen molar-refractivity contribution < 1.29 is 22.9 Å². The first-order chi connectivity index (χ1) is 13.5. The number of rotatable bonds is 8. The van der Waals surface area contributed by atoms with Crippen LogP contribution >= 0.6 is 23.2 Å². The van der Waals surface area contributed by atoms with Gasteiger partial charge in [0.05, 0.1) is 33.5 Å². The quantitative estimate of drug-likeness (QED) is 0.357. The largest absolute Gasteiger partial charge is 0.463 e. The van der Waals surface area contributed by atoms with Crippen LogP contribution in [0.1, 0.15) is 31.9 Å². The summed E-state index contributed by atoms with van der Waals surface area (Å²) < 4.78 is 33.3. The molecule has 2 aromatic carbocycles. The summed E-state index contributed by atoms with van der Waals surface area (Å²) in [5.74, 6) is -0.726. The van der Waals surface area contributed by atoms with Gasteiger partial charge in [0.2, 0.25) is 10.0 Å². The fraction of sp³-hybridized carbons (Fsp3) is 0.278. The topological polar surface area (TPSA) is 116 Å². The van der Waals surface area contributed by atoms with Crippen LogP contribution < -0.4 is 4.72 Å². The second kappa shape index (κ2) is 9.53. The van der Waals surface area contributed by atoms with Gasteiger partial charge >= 0.3 is 5.97 Å². The van der Waals surface area contributed by atoms with E-state index in [0.717, 1.165) is 0 Å². The number of nitrogens with one attached hydrogen (secondary N) is 1. The Morgan fingerprint density at radius 2 is 1.72 bits per heavy atom. The van der Waals surface area contributed by atoms with E-state index in [2.05, 4.69) is 4.72 Å². The Labute approximate surface area is 178 Å². The van der Waals surface area contributed by atoms with Crippen molar-refractivity contribution in [3.63, 3.8) is 0 Å². The van der Waals surface area contributed by atoms with Crippen molar-refractivity contribution in [2.24, 2.45) is 0 Å². The molecule has 29 heavy (non-hydrogen) atoms. The first-order valence-corrected chi connectivity index (χ1v) is 10.7. The molecule has 0 fully saturated rings. The Bertz CT molecular complexity index is 1010. The molecular weight excluding hydrogens is 443 g/mol. The zero-order chi connectivity index (χ0) is 21.8. The average Bonchev–Trinajstić information content (AvgIpc) is 2.59. The van der Waals surface area contributed by atoms with Crippen molar-refractivity contribution in [2.75, 3.05) is 0 Å². The molecule has 2 aromatic rings. The highest BCUT2D eigenvalue weighted by Gasteiger charge is 2.31. The fourth-order valence-electron chi connectivity index (χ4n) is 2.63. The lowest BCUT2D eigenvalue weighted by molar-refractivity contribution is -0.385. The zero-order valence-electron chi connectivity index (χ0n) is 15.5. The van der Waals surface area contributed by atoms with E-state index in [4.69, 9.17) is 27.9 Å². The predicted octanol–water partition coefficient (Wildman–Crippen LogP) is 4.26. The van der Waals surface area contributed by atoms with Crippen LogP contribution in [0.3, 0.4) is 0 Å². The Morgan fingerprint density at radius 3 is 2.28 bits per heavy atom. The number of hydrogen-bond acceptors (Lipinski definition) is 6. The van der Waals surface area contributed by atoms with E-state index < -0.39 is 39.5 Å². The Balaban J connectivity index is 2.51. The van der Waals surface area contributed by atoms with E-state index in [1.807, 2.05) is 0 Å². The minimum atomic E-state index is -4.33. The van der Waals surface area contributed by atoms with Crippen LogP contribution in [0.4, 0.5) is 5.69 Å².